The number of halogens is 1. The molecule has 6 heteroatoms. The van der Waals surface area contributed by atoms with Crippen LogP contribution in [0.3, 0.4) is 0 Å². The molecule has 1 N–H and O–H groups in total. The van der Waals surface area contributed by atoms with Gasteiger partial charge in [0.2, 0.25) is 0 Å². The molecule has 0 spiro atoms. The lowest BCUT2D eigenvalue weighted by Gasteiger charge is -2.12. The predicted octanol–water partition coefficient (Wildman–Crippen LogP) is 0.934. The highest BCUT2D eigenvalue weighted by Gasteiger charge is 2.15. The molecule has 0 saturated heterocycles. The second-order valence-corrected chi connectivity index (χ2v) is 3.94. The van der Waals surface area contributed by atoms with Crippen molar-refractivity contribution in [2.45, 2.75) is 19.4 Å². The molecule has 2 aromatic rings. The number of hydrogen-bond donors (Lipinski definition) is 1. The molecular formula is C11H13FN4O. The zero-order valence-corrected chi connectivity index (χ0v) is 9.63. The van der Waals surface area contributed by atoms with Crippen molar-refractivity contribution in [3.8, 4) is 0 Å². The minimum Gasteiger partial charge on any atom is -0.388 e. The van der Waals surface area contributed by atoms with Crippen LogP contribution in [0.25, 0.3) is 0 Å². The lowest BCUT2D eigenvalue weighted by molar-refractivity contribution is 0.173. The van der Waals surface area contributed by atoms with E-state index in [9.17, 15) is 9.50 Å². The minimum absolute atomic E-state index is 0.302. The van der Waals surface area contributed by atoms with Crippen LogP contribution >= 0.6 is 0 Å². The van der Waals surface area contributed by atoms with E-state index in [1.165, 1.54) is 16.8 Å². The third-order valence-corrected chi connectivity index (χ3v) is 2.67. The van der Waals surface area contributed by atoms with Gasteiger partial charge in [0.15, 0.2) is 5.82 Å². The van der Waals surface area contributed by atoms with Gasteiger partial charge in [-0.05, 0) is 40.6 Å². The molecule has 0 saturated carbocycles. The van der Waals surface area contributed by atoms with E-state index in [-0.39, 0.29) is 5.82 Å². The SMILES string of the molecule is Cc1cc(F)ccc1C(O)Cc1nnnn1C. The summed E-state index contributed by atoms with van der Waals surface area (Å²) >= 11 is 0. The lowest BCUT2D eigenvalue weighted by atomic mass is 10.0. The molecular weight excluding hydrogens is 223 g/mol. The highest BCUT2D eigenvalue weighted by molar-refractivity contribution is 5.28. The van der Waals surface area contributed by atoms with Crippen LogP contribution < -0.4 is 0 Å². The Balaban J connectivity index is 2.20. The Morgan fingerprint density at radius 3 is 2.82 bits per heavy atom. The number of tetrazole rings is 1. The van der Waals surface area contributed by atoms with Gasteiger partial charge in [0, 0.05) is 13.5 Å². The summed E-state index contributed by atoms with van der Waals surface area (Å²) in [5, 5.41) is 21.0. The van der Waals surface area contributed by atoms with Crippen molar-refractivity contribution in [3.63, 3.8) is 0 Å². The van der Waals surface area contributed by atoms with Crippen LogP contribution in [0.15, 0.2) is 18.2 Å². The maximum Gasteiger partial charge on any atom is 0.153 e. The van der Waals surface area contributed by atoms with Crippen LogP contribution in [0, 0.1) is 12.7 Å². The third kappa shape index (κ3) is 2.47. The number of hydrogen-bond acceptors (Lipinski definition) is 4. The Morgan fingerprint density at radius 1 is 1.47 bits per heavy atom. The van der Waals surface area contributed by atoms with Crippen molar-refractivity contribution in [3.05, 3.63) is 41.0 Å². The molecule has 0 aliphatic heterocycles. The molecule has 1 aromatic heterocycles. The molecule has 0 amide bonds. The molecule has 0 bridgehead atoms. The zero-order chi connectivity index (χ0) is 12.4. The van der Waals surface area contributed by atoms with Gasteiger partial charge < -0.3 is 5.11 Å². The lowest BCUT2D eigenvalue weighted by Crippen LogP contribution is -2.09. The summed E-state index contributed by atoms with van der Waals surface area (Å²) < 4.78 is 14.4. The number of benzene rings is 1. The van der Waals surface area contributed by atoms with Crippen molar-refractivity contribution in [2.75, 3.05) is 0 Å². The average Bonchev–Trinajstić information content (AvgIpc) is 2.64. The van der Waals surface area contributed by atoms with E-state index in [0.717, 1.165) is 0 Å². The van der Waals surface area contributed by atoms with Crippen LogP contribution in [0.4, 0.5) is 4.39 Å². The second-order valence-electron chi connectivity index (χ2n) is 3.94. The summed E-state index contributed by atoms with van der Waals surface area (Å²) in [6.45, 7) is 1.76. The predicted molar refractivity (Wildman–Crippen MR) is 58.6 cm³/mol. The van der Waals surface area contributed by atoms with Gasteiger partial charge in [0.1, 0.15) is 5.82 Å². The van der Waals surface area contributed by atoms with Gasteiger partial charge in [-0.15, -0.1) is 5.10 Å². The van der Waals surface area contributed by atoms with Crippen molar-refractivity contribution < 1.29 is 9.50 Å². The maximum atomic E-state index is 12.9. The second kappa shape index (κ2) is 4.58. The van der Waals surface area contributed by atoms with Gasteiger partial charge in [-0.25, -0.2) is 9.07 Å². The Bertz CT molecular complexity index is 526. The van der Waals surface area contributed by atoms with E-state index < -0.39 is 6.10 Å². The van der Waals surface area contributed by atoms with Crippen LogP contribution in [0.2, 0.25) is 0 Å². The molecule has 0 radical (unpaired) electrons. The van der Waals surface area contributed by atoms with Crippen molar-refractivity contribution in [2.24, 2.45) is 7.05 Å². The summed E-state index contributed by atoms with van der Waals surface area (Å²) in [6, 6.07) is 4.31. The van der Waals surface area contributed by atoms with Gasteiger partial charge in [0.25, 0.3) is 0 Å². The Morgan fingerprint density at radius 2 is 2.24 bits per heavy atom. The van der Waals surface area contributed by atoms with E-state index in [1.54, 1.807) is 20.0 Å². The largest absolute Gasteiger partial charge is 0.388 e. The fraction of sp³-hybridized carbons (Fsp3) is 0.364. The normalized spacial score (nSPS) is 12.7. The summed E-state index contributed by atoms with van der Waals surface area (Å²) in [4.78, 5) is 0. The molecule has 90 valence electrons. The first-order valence-electron chi connectivity index (χ1n) is 5.23. The highest BCUT2D eigenvalue weighted by Crippen LogP contribution is 2.21. The van der Waals surface area contributed by atoms with Gasteiger partial charge in [0.05, 0.1) is 6.10 Å². The van der Waals surface area contributed by atoms with E-state index in [2.05, 4.69) is 15.5 Å². The molecule has 5 nitrogen and oxygen atoms in total. The molecule has 1 aromatic carbocycles. The molecule has 2 rings (SSSR count). The standard InChI is InChI=1S/C11H13FN4O/c1-7-5-8(12)3-4-9(7)10(17)6-11-13-14-15-16(11)2/h3-5,10,17H,6H2,1-2H3. The number of aliphatic hydroxyl groups is 1. The molecule has 0 aliphatic rings. The highest BCUT2D eigenvalue weighted by atomic mass is 19.1. The first-order valence-corrected chi connectivity index (χ1v) is 5.23. The number of nitrogens with zero attached hydrogens (tertiary/aromatic N) is 4. The number of aromatic nitrogens is 4. The zero-order valence-electron chi connectivity index (χ0n) is 9.63. The average molecular weight is 236 g/mol. The smallest absolute Gasteiger partial charge is 0.153 e. The van der Waals surface area contributed by atoms with Crippen molar-refractivity contribution in [1.82, 2.24) is 20.2 Å². The van der Waals surface area contributed by atoms with Crippen molar-refractivity contribution in [1.29, 1.82) is 0 Å². The van der Waals surface area contributed by atoms with Crippen molar-refractivity contribution >= 4 is 0 Å². The van der Waals surface area contributed by atoms with E-state index in [4.69, 9.17) is 0 Å². The number of aryl methyl sites for hydroxylation is 2. The maximum absolute atomic E-state index is 12.9. The molecule has 0 aliphatic carbocycles. The van der Waals surface area contributed by atoms with Gasteiger partial charge in [-0.1, -0.05) is 6.07 Å². The molecule has 17 heavy (non-hydrogen) atoms. The number of aliphatic hydroxyl groups excluding tert-OH is 1. The topological polar surface area (TPSA) is 63.8 Å². The fourth-order valence-electron chi connectivity index (χ4n) is 1.72. The third-order valence-electron chi connectivity index (χ3n) is 2.67. The Hall–Kier alpha value is -1.82. The molecule has 0 fully saturated rings. The van der Waals surface area contributed by atoms with Gasteiger partial charge >= 0.3 is 0 Å². The Labute approximate surface area is 97.9 Å². The molecule has 1 unspecified atom stereocenters. The van der Waals surface area contributed by atoms with Gasteiger partial charge in [-0.3, -0.25) is 0 Å². The summed E-state index contributed by atoms with van der Waals surface area (Å²) in [7, 11) is 1.71. The quantitative estimate of drug-likeness (QED) is 0.861. The Kier molecular flexibility index (Phi) is 3.14. The van der Waals surface area contributed by atoms with Crippen LogP contribution in [-0.4, -0.2) is 25.3 Å². The van der Waals surface area contributed by atoms with E-state index in [0.29, 0.717) is 23.4 Å². The summed E-state index contributed by atoms with van der Waals surface area (Å²) in [6.07, 6.45) is -0.434. The van der Waals surface area contributed by atoms with E-state index >= 15 is 0 Å². The van der Waals surface area contributed by atoms with E-state index in [1.807, 2.05) is 0 Å². The molecule has 1 heterocycles. The summed E-state index contributed by atoms with van der Waals surface area (Å²) in [5.74, 6) is 0.278. The monoisotopic (exact) mass is 236 g/mol. The fourth-order valence-corrected chi connectivity index (χ4v) is 1.72. The first kappa shape index (κ1) is 11.7. The number of rotatable bonds is 3. The molecule has 1 atom stereocenters. The van der Waals surface area contributed by atoms with Gasteiger partial charge in [-0.2, -0.15) is 0 Å². The van der Waals surface area contributed by atoms with Crippen LogP contribution in [0.5, 0.6) is 0 Å². The van der Waals surface area contributed by atoms with Crippen LogP contribution in [0.1, 0.15) is 23.1 Å². The summed E-state index contributed by atoms with van der Waals surface area (Å²) in [5.41, 5.74) is 1.40. The van der Waals surface area contributed by atoms with Crippen LogP contribution in [-0.2, 0) is 13.5 Å². The minimum atomic E-state index is -0.736. The first-order chi connectivity index (χ1) is 8.08.